The second-order valence-electron chi connectivity index (χ2n) is 6.67. The standard InChI is InChI=1S/C20H20F2N2/c1-13-11-20(2,3)24(4)19-10-18(22)14(8-17(13)19)12-23-16-7-5-6-15(21)9-16/h5-12H,1-4H3. The third kappa shape index (κ3) is 2.96. The molecule has 1 aliphatic heterocycles. The highest BCUT2D eigenvalue weighted by molar-refractivity contribution is 5.89. The van der Waals surface area contributed by atoms with E-state index in [1.54, 1.807) is 24.3 Å². The number of anilines is 1. The van der Waals surface area contributed by atoms with Crippen molar-refractivity contribution in [1.29, 1.82) is 0 Å². The molecule has 0 radical (unpaired) electrons. The van der Waals surface area contributed by atoms with Gasteiger partial charge in [0.1, 0.15) is 11.6 Å². The summed E-state index contributed by atoms with van der Waals surface area (Å²) in [4.78, 5) is 6.24. The predicted octanol–water partition coefficient (Wildman–Crippen LogP) is 5.35. The first-order chi connectivity index (χ1) is 11.3. The van der Waals surface area contributed by atoms with Gasteiger partial charge in [-0.15, -0.1) is 0 Å². The van der Waals surface area contributed by atoms with Crippen molar-refractivity contribution in [3.05, 3.63) is 65.2 Å². The number of allylic oxidation sites excluding steroid dienone is 1. The van der Waals surface area contributed by atoms with Gasteiger partial charge in [-0.05, 0) is 56.7 Å². The number of benzene rings is 2. The van der Waals surface area contributed by atoms with Gasteiger partial charge in [-0.3, -0.25) is 4.99 Å². The smallest absolute Gasteiger partial charge is 0.134 e. The number of aliphatic imine (C=N–C) groups is 1. The van der Waals surface area contributed by atoms with Gasteiger partial charge in [-0.2, -0.15) is 0 Å². The fourth-order valence-corrected chi connectivity index (χ4v) is 2.99. The second kappa shape index (κ2) is 5.86. The zero-order valence-electron chi connectivity index (χ0n) is 14.3. The molecule has 0 aromatic heterocycles. The molecule has 124 valence electrons. The van der Waals surface area contributed by atoms with Gasteiger partial charge in [-0.1, -0.05) is 12.1 Å². The number of nitrogens with zero attached hydrogens (tertiary/aromatic N) is 2. The number of hydrogen-bond acceptors (Lipinski definition) is 2. The maximum absolute atomic E-state index is 14.5. The number of hydrogen-bond donors (Lipinski definition) is 0. The molecule has 1 aliphatic rings. The first-order valence-electron chi connectivity index (χ1n) is 7.85. The van der Waals surface area contributed by atoms with Crippen LogP contribution in [0.15, 0.2) is 47.5 Å². The Morgan fingerprint density at radius 2 is 1.88 bits per heavy atom. The van der Waals surface area contributed by atoms with Crippen LogP contribution in [0.2, 0.25) is 0 Å². The van der Waals surface area contributed by atoms with Gasteiger partial charge in [0.05, 0.1) is 11.2 Å². The molecule has 0 N–H and O–H groups in total. The molecule has 1 heterocycles. The Morgan fingerprint density at radius 1 is 1.12 bits per heavy atom. The van der Waals surface area contributed by atoms with E-state index in [-0.39, 0.29) is 17.2 Å². The van der Waals surface area contributed by atoms with Gasteiger partial charge in [0, 0.05) is 30.1 Å². The lowest BCUT2D eigenvalue weighted by molar-refractivity contribution is 0.589. The SMILES string of the molecule is CC1=CC(C)(C)N(C)c2cc(F)c(C=Nc3cccc(F)c3)cc21. The highest BCUT2D eigenvalue weighted by atomic mass is 19.1. The van der Waals surface area contributed by atoms with Gasteiger partial charge < -0.3 is 4.90 Å². The lowest BCUT2D eigenvalue weighted by Crippen LogP contribution is -2.42. The molecular formula is C20H20F2N2. The van der Waals surface area contributed by atoms with Crippen LogP contribution in [0.3, 0.4) is 0 Å². The molecule has 2 aromatic rings. The van der Waals surface area contributed by atoms with Crippen molar-refractivity contribution < 1.29 is 8.78 Å². The third-order valence-electron chi connectivity index (χ3n) is 4.50. The van der Waals surface area contributed by atoms with Gasteiger partial charge >= 0.3 is 0 Å². The summed E-state index contributed by atoms with van der Waals surface area (Å²) in [6, 6.07) is 9.26. The number of halogens is 2. The Hall–Kier alpha value is -2.49. The second-order valence-corrected chi connectivity index (χ2v) is 6.67. The lowest BCUT2D eigenvalue weighted by Gasteiger charge is -2.40. The van der Waals surface area contributed by atoms with Crippen molar-refractivity contribution >= 4 is 23.2 Å². The minimum atomic E-state index is -0.363. The monoisotopic (exact) mass is 326 g/mol. The van der Waals surface area contributed by atoms with E-state index in [1.165, 1.54) is 18.3 Å². The minimum Gasteiger partial charge on any atom is -0.365 e. The van der Waals surface area contributed by atoms with Crippen LogP contribution in [-0.2, 0) is 0 Å². The molecule has 0 amide bonds. The van der Waals surface area contributed by atoms with E-state index < -0.39 is 0 Å². The van der Waals surface area contributed by atoms with Crippen LogP contribution in [-0.4, -0.2) is 18.8 Å². The summed E-state index contributed by atoms with van der Waals surface area (Å²) in [7, 11) is 1.96. The lowest BCUT2D eigenvalue weighted by atomic mass is 9.88. The molecule has 24 heavy (non-hydrogen) atoms. The van der Waals surface area contributed by atoms with E-state index >= 15 is 0 Å². The van der Waals surface area contributed by atoms with Crippen LogP contribution in [0, 0.1) is 11.6 Å². The normalized spacial score (nSPS) is 16.2. The van der Waals surface area contributed by atoms with E-state index in [2.05, 4.69) is 29.8 Å². The average Bonchev–Trinajstić information content (AvgIpc) is 2.51. The molecule has 3 rings (SSSR count). The third-order valence-corrected chi connectivity index (χ3v) is 4.50. The highest BCUT2D eigenvalue weighted by Gasteiger charge is 2.29. The summed E-state index contributed by atoms with van der Waals surface area (Å²) in [6.07, 6.45) is 3.61. The fourth-order valence-electron chi connectivity index (χ4n) is 2.99. The summed E-state index contributed by atoms with van der Waals surface area (Å²) in [5.74, 6) is -0.704. The van der Waals surface area contributed by atoms with Crippen LogP contribution in [0.25, 0.3) is 5.57 Å². The van der Waals surface area contributed by atoms with E-state index in [1.807, 2.05) is 14.0 Å². The largest absolute Gasteiger partial charge is 0.365 e. The summed E-state index contributed by atoms with van der Waals surface area (Å²) < 4.78 is 27.7. The number of fused-ring (bicyclic) bond motifs is 1. The van der Waals surface area contributed by atoms with Crippen molar-refractivity contribution in [1.82, 2.24) is 0 Å². The van der Waals surface area contributed by atoms with Crippen LogP contribution in [0.4, 0.5) is 20.2 Å². The summed E-state index contributed by atoms with van der Waals surface area (Å²) in [5.41, 5.74) is 3.63. The van der Waals surface area contributed by atoms with Crippen LogP contribution in [0.5, 0.6) is 0 Å². The number of likely N-dealkylation sites (N-methyl/N-ethyl adjacent to an activating group) is 1. The zero-order valence-corrected chi connectivity index (χ0v) is 14.3. The fraction of sp³-hybridized carbons (Fsp3) is 0.250. The number of rotatable bonds is 2. The Balaban J connectivity index is 2.02. The zero-order chi connectivity index (χ0) is 17.5. The summed E-state index contributed by atoms with van der Waals surface area (Å²) in [5, 5.41) is 0. The quantitative estimate of drug-likeness (QED) is 0.680. The van der Waals surface area contributed by atoms with Crippen molar-refractivity contribution in [2.75, 3.05) is 11.9 Å². The van der Waals surface area contributed by atoms with Gasteiger partial charge in [0.2, 0.25) is 0 Å². The van der Waals surface area contributed by atoms with E-state index in [4.69, 9.17) is 0 Å². The first-order valence-corrected chi connectivity index (χ1v) is 7.85. The molecule has 0 saturated carbocycles. The molecule has 0 spiro atoms. The van der Waals surface area contributed by atoms with E-state index in [0.29, 0.717) is 11.3 Å². The summed E-state index contributed by atoms with van der Waals surface area (Å²) in [6.45, 7) is 6.21. The molecule has 0 saturated heterocycles. The Morgan fingerprint density at radius 3 is 2.58 bits per heavy atom. The maximum atomic E-state index is 14.5. The van der Waals surface area contributed by atoms with E-state index in [9.17, 15) is 8.78 Å². The van der Waals surface area contributed by atoms with Gasteiger partial charge in [0.25, 0.3) is 0 Å². The summed E-state index contributed by atoms with van der Waals surface area (Å²) >= 11 is 0. The Labute approximate surface area is 141 Å². The first kappa shape index (κ1) is 16.4. The molecule has 2 nitrogen and oxygen atoms in total. The molecule has 0 atom stereocenters. The molecular weight excluding hydrogens is 306 g/mol. The van der Waals surface area contributed by atoms with Crippen molar-refractivity contribution in [3.8, 4) is 0 Å². The highest BCUT2D eigenvalue weighted by Crippen LogP contribution is 2.38. The molecule has 0 bridgehead atoms. The molecule has 0 aliphatic carbocycles. The molecule has 4 heteroatoms. The van der Waals surface area contributed by atoms with Crippen LogP contribution >= 0.6 is 0 Å². The van der Waals surface area contributed by atoms with Crippen molar-refractivity contribution in [2.45, 2.75) is 26.3 Å². The van der Waals surface area contributed by atoms with Crippen LogP contribution in [0.1, 0.15) is 31.9 Å². The molecule has 0 unspecified atom stereocenters. The topological polar surface area (TPSA) is 15.6 Å². The maximum Gasteiger partial charge on any atom is 0.134 e. The molecule has 0 fully saturated rings. The average molecular weight is 326 g/mol. The van der Waals surface area contributed by atoms with Crippen molar-refractivity contribution in [2.24, 2.45) is 4.99 Å². The predicted molar refractivity (Wildman–Crippen MR) is 96.2 cm³/mol. The Bertz CT molecular complexity index is 851. The molecule has 2 aromatic carbocycles. The minimum absolute atomic E-state index is 0.166. The van der Waals surface area contributed by atoms with Crippen molar-refractivity contribution in [3.63, 3.8) is 0 Å². The van der Waals surface area contributed by atoms with Gasteiger partial charge in [0.15, 0.2) is 0 Å². The van der Waals surface area contributed by atoms with Crippen LogP contribution < -0.4 is 4.90 Å². The Kier molecular flexibility index (Phi) is 3.99. The van der Waals surface area contributed by atoms with E-state index in [0.717, 1.165) is 16.8 Å². The van der Waals surface area contributed by atoms with Gasteiger partial charge in [-0.25, -0.2) is 8.78 Å².